The predicted octanol–water partition coefficient (Wildman–Crippen LogP) is 4.89. The van der Waals surface area contributed by atoms with Crippen LogP contribution in [-0.2, 0) is 11.3 Å². The number of piperidine rings is 1. The van der Waals surface area contributed by atoms with Gasteiger partial charge in [-0.1, -0.05) is 39.8 Å². The number of anilines is 3. The number of nitrogens with zero attached hydrogens (tertiary/aromatic N) is 5. The smallest absolute Gasteiger partial charge is 0.410 e. The number of likely N-dealkylation sites (tertiary alicyclic amines) is 1. The van der Waals surface area contributed by atoms with Gasteiger partial charge in [-0.15, -0.1) is 0 Å². The van der Waals surface area contributed by atoms with Crippen LogP contribution in [0.3, 0.4) is 0 Å². The molecule has 1 aliphatic heterocycles. The maximum absolute atomic E-state index is 12.5. The third kappa shape index (κ3) is 8.00. The van der Waals surface area contributed by atoms with Crippen molar-refractivity contribution in [2.24, 2.45) is 11.3 Å². The van der Waals surface area contributed by atoms with Crippen LogP contribution in [0.4, 0.5) is 22.4 Å². The van der Waals surface area contributed by atoms with E-state index in [1.54, 1.807) is 9.42 Å². The summed E-state index contributed by atoms with van der Waals surface area (Å²) in [7, 11) is 0. The van der Waals surface area contributed by atoms with Crippen molar-refractivity contribution in [2.75, 3.05) is 36.0 Å². The highest BCUT2D eigenvalue weighted by Gasteiger charge is 2.35. The molecular formula is C30H46N8O3. The molecule has 0 radical (unpaired) electrons. The number of benzene rings is 1. The molecule has 5 N–H and O–H groups in total. The molecule has 11 nitrogen and oxygen atoms in total. The van der Waals surface area contributed by atoms with Crippen molar-refractivity contribution in [1.82, 2.24) is 24.5 Å². The van der Waals surface area contributed by atoms with Crippen molar-refractivity contribution < 1.29 is 14.6 Å². The molecule has 11 heteroatoms. The number of aliphatic hydroxyl groups excluding tert-OH is 1. The van der Waals surface area contributed by atoms with Gasteiger partial charge in [-0.25, -0.2) is 4.79 Å². The maximum atomic E-state index is 12.5. The minimum Gasteiger partial charge on any atom is -0.444 e. The first-order chi connectivity index (χ1) is 19.2. The number of nitrogens with two attached hydrogens (primary N) is 1. The van der Waals surface area contributed by atoms with Gasteiger partial charge in [-0.2, -0.15) is 19.6 Å². The molecule has 3 aromatic rings. The monoisotopic (exact) mass is 566 g/mol. The molecule has 2 atom stereocenters. The number of aromatic nitrogens is 4. The number of carbonyl (C=O) groups excluding carboxylic acids is 1. The Morgan fingerprint density at radius 1 is 1.20 bits per heavy atom. The number of hydrogen-bond donors (Lipinski definition) is 4. The van der Waals surface area contributed by atoms with E-state index >= 15 is 0 Å². The number of ether oxygens (including phenoxy) is 1. The summed E-state index contributed by atoms with van der Waals surface area (Å²) in [4.78, 5) is 23.7. The second-order valence-corrected chi connectivity index (χ2v) is 13.2. The molecule has 0 unspecified atom stereocenters. The summed E-state index contributed by atoms with van der Waals surface area (Å²) in [5.74, 6) is 1.44. The van der Waals surface area contributed by atoms with Gasteiger partial charge < -0.3 is 31.1 Å². The number of hydrogen-bond acceptors (Lipinski definition) is 9. The van der Waals surface area contributed by atoms with Crippen molar-refractivity contribution in [3.63, 3.8) is 0 Å². The lowest BCUT2D eigenvalue weighted by Crippen LogP contribution is -2.49. The van der Waals surface area contributed by atoms with E-state index in [9.17, 15) is 9.90 Å². The van der Waals surface area contributed by atoms with Gasteiger partial charge in [-0.05, 0) is 68.6 Å². The summed E-state index contributed by atoms with van der Waals surface area (Å²) < 4.78 is 7.23. The number of rotatable bonds is 9. The second kappa shape index (κ2) is 12.1. The van der Waals surface area contributed by atoms with Crippen LogP contribution in [0.25, 0.3) is 5.65 Å². The van der Waals surface area contributed by atoms with Crippen LogP contribution < -0.4 is 16.4 Å². The third-order valence-electron chi connectivity index (χ3n) is 7.33. The molecule has 1 amide bonds. The predicted molar refractivity (Wildman–Crippen MR) is 162 cm³/mol. The first kappa shape index (κ1) is 30.4. The fourth-order valence-corrected chi connectivity index (χ4v) is 5.19. The Balaban J connectivity index is 1.43. The molecule has 224 valence electrons. The molecule has 0 saturated carbocycles. The first-order valence-corrected chi connectivity index (χ1v) is 14.4. The summed E-state index contributed by atoms with van der Waals surface area (Å²) in [6.07, 6.45) is 2.38. The zero-order chi connectivity index (χ0) is 29.9. The minimum atomic E-state index is -0.605. The minimum absolute atomic E-state index is 0.0757. The van der Waals surface area contributed by atoms with Gasteiger partial charge in [0.25, 0.3) is 0 Å². The van der Waals surface area contributed by atoms with E-state index in [1.807, 2.05) is 51.2 Å². The Kier molecular flexibility index (Phi) is 8.96. The summed E-state index contributed by atoms with van der Waals surface area (Å²) in [5.41, 5.74) is 8.79. The molecule has 1 fully saturated rings. The normalized spacial score (nSPS) is 18.1. The van der Waals surface area contributed by atoms with Gasteiger partial charge in [-0.3, -0.25) is 0 Å². The molecular weight excluding hydrogens is 520 g/mol. The SMILES string of the molecule is CC(C)c1cnn2c(NCc3cccc(N)c3)nc(NCC(C)(C)C[C@@H]3CCN(C(=O)OC(C)(C)C)C[C@@H]3O)nc12. The van der Waals surface area contributed by atoms with Gasteiger partial charge in [0.1, 0.15) is 5.60 Å². The highest BCUT2D eigenvalue weighted by atomic mass is 16.6. The molecule has 1 aromatic carbocycles. The van der Waals surface area contributed by atoms with Crippen LogP contribution in [0.5, 0.6) is 0 Å². The van der Waals surface area contributed by atoms with Crippen LogP contribution in [0, 0.1) is 11.3 Å². The molecule has 0 spiro atoms. The van der Waals surface area contributed by atoms with E-state index in [2.05, 4.69) is 43.4 Å². The van der Waals surface area contributed by atoms with Crippen LogP contribution in [0.1, 0.15) is 78.4 Å². The maximum Gasteiger partial charge on any atom is 0.410 e. The van der Waals surface area contributed by atoms with Gasteiger partial charge in [0, 0.05) is 30.9 Å². The number of nitrogens with one attached hydrogen (secondary N) is 2. The lowest BCUT2D eigenvalue weighted by atomic mass is 9.77. The number of β-amino-alcohol motifs (C(OH)–C–C–N with tert-alkyl or cyclic N) is 1. The van der Waals surface area contributed by atoms with Crippen LogP contribution >= 0.6 is 0 Å². The highest BCUT2D eigenvalue weighted by Crippen LogP contribution is 2.33. The van der Waals surface area contributed by atoms with Crippen molar-refractivity contribution in [2.45, 2.75) is 85.5 Å². The average Bonchev–Trinajstić information content (AvgIpc) is 3.31. The second-order valence-electron chi connectivity index (χ2n) is 13.2. The van der Waals surface area contributed by atoms with E-state index < -0.39 is 11.7 Å². The van der Waals surface area contributed by atoms with Crippen molar-refractivity contribution in [1.29, 1.82) is 0 Å². The molecule has 3 heterocycles. The lowest BCUT2D eigenvalue weighted by Gasteiger charge is -2.39. The average molecular weight is 567 g/mol. The van der Waals surface area contributed by atoms with E-state index in [-0.39, 0.29) is 29.9 Å². The lowest BCUT2D eigenvalue weighted by molar-refractivity contribution is -0.0198. The topological polar surface area (TPSA) is 143 Å². The van der Waals surface area contributed by atoms with E-state index in [0.717, 1.165) is 29.6 Å². The molecule has 41 heavy (non-hydrogen) atoms. The number of carbonyl (C=O) groups is 1. The number of aliphatic hydroxyl groups is 1. The fourth-order valence-electron chi connectivity index (χ4n) is 5.19. The van der Waals surface area contributed by atoms with Gasteiger partial charge in [0.05, 0.1) is 18.8 Å². The van der Waals surface area contributed by atoms with E-state index in [1.165, 1.54) is 0 Å². The van der Waals surface area contributed by atoms with Crippen molar-refractivity contribution >= 4 is 29.3 Å². The molecule has 1 aliphatic rings. The largest absolute Gasteiger partial charge is 0.444 e. The zero-order valence-electron chi connectivity index (χ0n) is 25.4. The molecule has 0 bridgehead atoms. The molecule has 4 rings (SSSR count). The summed E-state index contributed by atoms with van der Waals surface area (Å²) in [6.45, 7) is 16.1. The highest BCUT2D eigenvalue weighted by molar-refractivity contribution is 5.68. The Morgan fingerprint density at radius 2 is 1.95 bits per heavy atom. The molecule has 1 saturated heterocycles. The summed E-state index contributed by atoms with van der Waals surface area (Å²) in [6, 6.07) is 7.74. The summed E-state index contributed by atoms with van der Waals surface area (Å²) >= 11 is 0. The Labute approximate surface area is 242 Å². The van der Waals surface area contributed by atoms with Gasteiger partial charge >= 0.3 is 6.09 Å². The molecule has 0 aliphatic carbocycles. The van der Waals surface area contributed by atoms with Crippen molar-refractivity contribution in [3.05, 3.63) is 41.6 Å². The quantitative estimate of drug-likeness (QED) is 0.266. The summed E-state index contributed by atoms with van der Waals surface area (Å²) in [5, 5.41) is 22.3. The van der Waals surface area contributed by atoms with Gasteiger partial charge in [0.15, 0.2) is 5.65 Å². The van der Waals surface area contributed by atoms with Crippen molar-refractivity contribution in [3.8, 4) is 0 Å². The zero-order valence-corrected chi connectivity index (χ0v) is 25.4. The van der Waals surface area contributed by atoms with E-state index in [0.29, 0.717) is 37.2 Å². The van der Waals surface area contributed by atoms with E-state index in [4.69, 9.17) is 20.4 Å². The standard InChI is InChI=1S/C30H46N8O3/c1-19(2)23-16-34-38-25(23)35-26(36-27(38)32-15-20-9-8-10-22(31)13-20)33-18-30(6,7)14-21-11-12-37(17-24(21)39)28(40)41-29(3,4)5/h8-10,13,16,19,21,24,39H,11-12,14-15,17-18,31H2,1-7H3,(H2,32,33,35,36)/t21-,24-/m0/s1. The number of nitrogen functional groups attached to an aromatic ring is 1. The van der Waals surface area contributed by atoms with Gasteiger partial charge in [0.2, 0.25) is 11.9 Å². The molecule has 2 aromatic heterocycles. The van der Waals surface area contributed by atoms with Crippen LogP contribution in [0.2, 0.25) is 0 Å². The number of amides is 1. The number of fused-ring (bicyclic) bond motifs is 1. The first-order valence-electron chi connectivity index (χ1n) is 14.4. The fraction of sp³-hybridized carbons (Fsp3) is 0.600. The van der Waals surface area contributed by atoms with Crippen LogP contribution in [0.15, 0.2) is 30.5 Å². The Hall–Kier alpha value is -3.60. The Morgan fingerprint density at radius 3 is 2.61 bits per heavy atom. The third-order valence-corrected chi connectivity index (χ3v) is 7.33. The van der Waals surface area contributed by atoms with Crippen LogP contribution in [-0.4, -0.2) is 67.0 Å². The Bertz CT molecular complexity index is 1350.